The van der Waals surface area contributed by atoms with Gasteiger partial charge in [0, 0.05) is 6.42 Å². The Morgan fingerprint density at radius 2 is 2.17 bits per heavy atom. The van der Waals surface area contributed by atoms with Gasteiger partial charge in [0.05, 0.1) is 12.1 Å². The van der Waals surface area contributed by atoms with Gasteiger partial charge in [-0.1, -0.05) is 0 Å². The van der Waals surface area contributed by atoms with Crippen molar-refractivity contribution in [1.82, 2.24) is 5.32 Å². The van der Waals surface area contributed by atoms with Gasteiger partial charge in [0.25, 0.3) is 0 Å². The van der Waals surface area contributed by atoms with Gasteiger partial charge in [-0.3, -0.25) is 4.79 Å². The highest BCUT2D eigenvalue weighted by molar-refractivity contribution is 5.84. The smallest absolute Gasteiger partial charge is 0.237 e. The average molecular weight is 172 g/mol. The number of amides is 1. The maximum atomic E-state index is 10.9. The Balaban J connectivity index is 3.93. The van der Waals surface area contributed by atoms with Gasteiger partial charge in [-0.15, -0.1) is 0 Å². The largest absolute Gasteiger partial charge is 0.345 e. The van der Waals surface area contributed by atoms with Crippen molar-refractivity contribution in [3.05, 3.63) is 0 Å². The van der Waals surface area contributed by atoms with Gasteiger partial charge >= 0.3 is 0 Å². The zero-order valence-electron chi connectivity index (χ0n) is 6.82. The Labute approximate surface area is 70.3 Å². The summed E-state index contributed by atoms with van der Waals surface area (Å²) in [6, 6.07) is -1.42. The molecule has 5 heteroatoms. The molecule has 0 aliphatic heterocycles. The van der Waals surface area contributed by atoms with E-state index in [4.69, 9.17) is 5.73 Å². The molecular formula is C7H12N2O3. The summed E-state index contributed by atoms with van der Waals surface area (Å²) in [5.74, 6) is -0.436. The van der Waals surface area contributed by atoms with Gasteiger partial charge in [-0.05, 0) is 6.92 Å². The van der Waals surface area contributed by atoms with E-state index >= 15 is 0 Å². The fourth-order valence-electron chi connectivity index (χ4n) is 0.566. The van der Waals surface area contributed by atoms with Gasteiger partial charge < -0.3 is 20.6 Å². The van der Waals surface area contributed by atoms with Crippen molar-refractivity contribution < 1.29 is 14.4 Å². The topological polar surface area (TPSA) is 89.3 Å². The summed E-state index contributed by atoms with van der Waals surface area (Å²) in [7, 11) is 0. The molecule has 68 valence electrons. The van der Waals surface area contributed by atoms with Crippen LogP contribution >= 0.6 is 0 Å². The van der Waals surface area contributed by atoms with Crippen LogP contribution in [0.15, 0.2) is 0 Å². The summed E-state index contributed by atoms with van der Waals surface area (Å²) in [6.07, 6.45) is 1.07. The number of carbonyl (C=O) groups is 3. The highest BCUT2D eigenvalue weighted by atomic mass is 16.2. The molecule has 0 aromatic heterocycles. The zero-order valence-corrected chi connectivity index (χ0v) is 6.82. The Hall–Kier alpha value is -1.23. The van der Waals surface area contributed by atoms with Crippen LogP contribution in [0.5, 0.6) is 0 Å². The minimum atomic E-state index is -0.749. The molecule has 12 heavy (non-hydrogen) atoms. The first-order chi connectivity index (χ1) is 5.61. The summed E-state index contributed by atoms with van der Waals surface area (Å²) in [5.41, 5.74) is 5.22. The normalized spacial score (nSPS) is 14.5. The van der Waals surface area contributed by atoms with Gasteiger partial charge in [0.2, 0.25) is 5.91 Å². The zero-order chi connectivity index (χ0) is 9.56. The predicted molar refractivity (Wildman–Crippen MR) is 42.3 cm³/mol. The second kappa shape index (κ2) is 5.42. The molecule has 0 heterocycles. The van der Waals surface area contributed by atoms with Gasteiger partial charge in [-0.25, -0.2) is 0 Å². The molecule has 0 aromatic rings. The van der Waals surface area contributed by atoms with E-state index in [0.717, 1.165) is 0 Å². The highest BCUT2D eigenvalue weighted by Crippen LogP contribution is 1.85. The minimum absolute atomic E-state index is 0.0119. The Morgan fingerprint density at radius 3 is 2.50 bits per heavy atom. The molecule has 0 radical (unpaired) electrons. The first-order valence-electron chi connectivity index (χ1n) is 3.56. The maximum absolute atomic E-state index is 10.9. The fourth-order valence-corrected chi connectivity index (χ4v) is 0.566. The SMILES string of the molecule is CC(N)C(=O)NC(C=O)CC=O. The Bertz CT molecular complexity index is 179. The quantitative estimate of drug-likeness (QED) is 0.499. The molecule has 0 spiro atoms. The van der Waals surface area contributed by atoms with Crippen molar-refractivity contribution >= 4 is 18.5 Å². The molecule has 0 aliphatic carbocycles. The standard InChI is InChI=1S/C7H12N2O3/c1-5(8)7(12)9-6(4-11)2-3-10/h3-6H,2,8H2,1H3,(H,9,12). The first kappa shape index (κ1) is 10.8. The third-order valence-corrected chi connectivity index (χ3v) is 1.26. The van der Waals surface area contributed by atoms with Crippen LogP contribution in [-0.2, 0) is 14.4 Å². The molecular weight excluding hydrogens is 160 g/mol. The third-order valence-electron chi connectivity index (χ3n) is 1.26. The number of rotatable bonds is 5. The summed E-state index contributed by atoms with van der Waals surface area (Å²) < 4.78 is 0. The molecule has 2 unspecified atom stereocenters. The van der Waals surface area contributed by atoms with Crippen LogP contribution in [0.25, 0.3) is 0 Å². The number of hydrogen-bond donors (Lipinski definition) is 2. The molecule has 2 atom stereocenters. The number of nitrogens with two attached hydrogens (primary N) is 1. The van der Waals surface area contributed by atoms with Crippen LogP contribution in [0.3, 0.4) is 0 Å². The van der Waals surface area contributed by atoms with E-state index in [1.54, 1.807) is 0 Å². The molecule has 0 saturated carbocycles. The highest BCUT2D eigenvalue weighted by Gasteiger charge is 2.12. The van der Waals surface area contributed by atoms with Crippen LogP contribution in [0.4, 0.5) is 0 Å². The van der Waals surface area contributed by atoms with Crippen LogP contribution in [0, 0.1) is 0 Å². The van der Waals surface area contributed by atoms with E-state index < -0.39 is 18.0 Å². The number of hydrogen-bond acceptors (Lipinski definition) is 4. The molecule has 0 fully saturated rings. The third kappa shape index (κ3) is 3.82. The lowest BCUT2D eigenvalue weighted by atomic mass is 10.2. The van der Waals surface area contributed by atoms with E-state index in [1.807, 2.05) is 0 Å². The second-order valence-electron chi connectivity index (χ2n) is 2.44. The molecule has 5 nitrogen and oxygen atoms in total. The fraction of sp³-hybridized carbons (Fsp3) is 0.571. The number of carbonyl (C=O) groups excluding carboxylic acids is 3. The molecule has 0 saturated heterocycles. The van der Waals surface area contributed by atoms with Crippen LogP contribution in [0.1, 0.15) is 13.3 Å². The van der Waals surface area contributed by atoms with E-state index in [9.17, 15) is 14.4 Å². The summed E-state index contributed by atoms with van der Waals surface area (Å²) >= 11 is 0. The van der Waals surface area contributed by atoms with Crippen LogP contribution in [0.2, 0.25) is 0 Å². The molecule has 0 bridgehead atoms. The van der Waals surface area contributed by atoms with E-state index in [-0.39, 0.29) is 6.42 Å². The lowest BCUT2D eigenvalue weighted by Crippen LogP contribution is -2.44. The van der Waals surface area contributed by atoms with E-state index in [0.29, 0.717) is 12.6 Å². The van der Waals surface area contributed by atoms with E-state index in [2.05, 4.69) is 5.32 Å². The minimum Gasteiger partial charge on any atom is -0.345 e. The lowest BCUT2D eigenvalue weighted by Gasteiger charge is -2.11. The first-order valence-corrected chi connectivity index (χ1v) is 3.56. The van der Waals surface area contributed by atoms with Crippen molar-refractivity contribution in [2.45, 2.75) is 25.4 Å². The Kier molecular flexibility index (Phi) is 4.87. The van der Waals surface area contributed by atoms with Crippen molar-refractivity contribution in [3.8, 4) is 0 Å². The summed E-state index contributed by atoms with van der Waals surface area (Å²) in [6.45, 7) is 1.50. The molecule has 0 aromatic carbocycles. The second-order valence-corrected chi connectivity index (χ2v) is 2.44. The lowest BCUT2D eigenvalue weighted by molar-refractivity contribution is -0.125. The van der Waals surface area contributed by atoms with Gasteiger partial charge in [-0.2, -0.15) is 0 Å². The van der Waals surface area contributed by atoms with Crippen LogP contribution in [-0.4, -0.2) is 30.6 Å². The maximum Gasteiger partial charge on any atom is 0.237 e. The molecule has 3 N–H and O–H groups in total. The summed E-state index contributed by atoms with van der Waals surface area (Å²) in [4.78, 5) is 31.1. The number of aldehydes is 2. The van der Waals surface area contributed by atoms with Gasteiger partial charge in [0.15, 0.2) is 0 Å². The monoisotopic (exact) mass is 172 g/mol. The van der Waals surface area contributed by atoms with Crippen LogP contribution < -0.4 is 11.1 Å². The van der Waals surface area contributed by atoms with Gasteiger partial charge in [0.1, 0.15) is 12.6 Å². The Morgan fingerprint density at radius 1 is 1.58 bits per heavy atom. The summed E-state index contributed by atoms with van der Waals surface area (Å²) in [5, 5.41) is 2.30. The van der Waals surface area contributed by atoms with Crippen molar-refractivity contribution in [2.24, 2.45) is 5.73 Å². The molecule has 0 aliphatic rings. The molecule has 1 amide bonds. The van der Waals surface area contributed by atoms with E-state index in [1.165, 1.54) is 6.92 Å². The molecule has 0 rings (SSSR count). The predicted octanol–water partition coefficient (Wildman–Crippen LogP) is -1.39. The van der Waals surface area contributed by atoms with Crippen molar-refractivity contribution in [3.63, 3.8) is 0 Å². The van der Waals surface area contributed by atoms with Crippen molar-refractivity contribution in [2.75, 3.05) is 0 Å². The number of nitrogens with one attached hydrogen (secondary N) is 1. The average Bonchev–Trinajstić information content (AvgIpc) is 2.03. The van der Waals surface area contributed by atoms with Crippen molar-refractivity contribution in [1.29, 1.82) is 0 Å².